The van der Waals surface area contributed by atoms with Crippen molar-refractivity contribution in [3.63, 3.8) is 0 Å². The van der Waals surface area contributed by atoms with Gasteiger partial charge in [-0.25, -0.2) is 0 Å². The predicted octanol–water partition coefficient (Wildman–Crippen LogP) is 5.92. The lowest BCUT2D eigenvalue weighted by atomic mass is 10.0. The van der Waals surface area contributed by atoms with Crippen LogP contribution in [0.4, 0.5) is 0 Å². The monoisotopic (exact) mass is 370 g/mol. The number of carbonyl (C=O) groups excluding carboxylic acids is 2. The van der Waals surface area contributed by atoms with E-state index in [0.717, 1.165) is 37.5 Å². The Labute approximate surface area is 161 Å². The van der Waals surface area contributed by atoms with Crippen molar-refractivity contribution in [2.75, 3.05) is 13.2 Å². The van der Waals surface area contributed by atoms with Crippen LogP contribution < -0.4 is 0 Å². The van der Waals surface area contributed by atoms with Gasteiger partial charge in [-0.3, -0.25) is 9.59 Å². The van der Waals surface area contributed by atoms with Crippen molar-refractivity contribution < 1.29 is 19.1 Å². The number of esters is 2. The van der Waals surface area contributed by atoms with E-state index in [1.54, 1.807) is 0 Å². The van der Waals surface area contributed by atoms with Crippen LogP contribution in [-0.2, 0) is 19.1 Å². The first-order valence-corrected chi connectivity index (χ1v) is 10.6. The molecule has 0 N–H and O–H groups in total. The van der Waals surface area contributed by atoms with Crippen LogP contribution in [0.15, 0.2) is 0 Å². The van der Waals surface area contributed by atoms with Gasteiger partial charge >= 0.3 is 11.9 Å². The zero-order chi connectivity index (χ0) is 19.8. The Morgan fingerprint density at radius 3 is 1.35 bits per heavy atom. The van der Waals surface area contributed by atoms with E-state index < -0.39 is 0 Å². The minimum atomic E-state index is -0.206. The summed E-state index contributed by atoms with van der Waals surface area (Å²) in [5.41, 5.74) is 0. The number of hydrogen-bond donors (Lipinski definition) is 0. The van der Waals surface area contributed by atoms with Gasteiger partial charge in [0.1, 0.15) is 0 Å². The van der Waals surface area contributed by atoms with Crippen LogP contribution in [0.25, 0.3) is 0 Å². The largest absolute Gasteiger partial charge is 0.466 e. The van der Waals surface area contributed by atoms with Crippen LogP contribution in [0.5, 0.6) is 0 Å². The fraction of sp³-hybridized carbons (Fsp3) is 0.909. The maximum absolute atomic E-state index is 11.8. The van der Waals surface area contributed by atoms with Crippen LogP contribution in [-0.4, -0.2) is 25.2 Å². The van der Waals surface area contributed by atoms with Gasteiger partial charge in [-0.15, -0.1) is 0 Å². The molecule has 154 valence electrons. The summed E-state index contributed by atoms with van der Waals surface area (Å²) in [6, 6.07) is 0. The molecule has 0 aliphatic rings. The second-order valence-electron chi connectivity index (χ2n) is 8.44. The third-order valence-corrected chi connectivity index (χ3v) is 4.41. The van der Waals surface area contributed by atoms with Crippen LogP contribution >= 0.6 is 0 Å². The average molecular weight is 371 g/mol. The van der Waals surface area contributed by atoms with Crippen molar-refractivity contribution in [1.29, 1.82) is 0 Å². The molecule has 0 saturated heterocycles. The maximum atomic E-state index is 11.8. The van der Waals surface area contributed by atoms with E-state index in [9.17, 15) is 9.59 Å². The molecule has 0 rings (SSSR count). The minimum Gasteiger partial charge on any atom is -0.466 e. The molecule has 26 heavy (non-hydrogen) atoms. The Hall–Kier alpha value is -1.06. The molecule has 0 aliphatic carbocycles. The van der Waals surface area contributed by atoms with E-state index in [4.69, 9.17) is 9.47 Å². The standard InChI is InChI=1S/C22H42O4/c1-18(2)12-8-6-10-14-25-21(23)16-20(5)17-22(24)26-15-11-7-9-13-19(3)4/h18-20H,6-17H2,1-5H3. The molecule has 4 heteroatoms. The lowest BCUT2D eigenvalue weighted by molar-refractivity contribution is -0.147. The molecular formula is C22H42O4. The van der Waals surface area contributed by atoms with E-state index >= 15 is 0 Å². The first kappa shape index (κ1) is 24.9. The fourth-order valence-corrected chi connectivity index (χ4v) is 2.79. The Morgan fingerprint density at radius 2 is 1.00 bits per heavy atom. The molecule has 0 atom stereocenters. The van der Waals surface area contributed by atoms with Crippen LogP contribution in [0.3, 0.4) is 0 Å². The number of unbranched alkanes of at least 4 members (excludes halogenated alkanes) is 4. The zero-order valence-corrected chi connectivity index (χ0v) is 17.9. The minimum absolute atomic E-state index is 0.0307. The number of rotatable bonds is 16. The molecule has 0 fully saturated rings. The summed E-state index contributed by atoms with van der Waals surface area (Å²) in [5, 5.41) is 0. The van der Waals surface area contributed by atoms with E-state index in [2.05, 4.69) is 27.7 Å². The molecule has 0 heterocycles. The van der Waals surface area contributed by atoms with Gasteiger partial charge in [0.2, 0.25) is 0 Å². The molecule has 0 saturated carbocycles. The predicted molar refractivity (Wildman–Crippen MR) is 107 cm³/mol. The topological polar surface area (TPSA) is 52.6 Å². The normalized spacial score (nSPS) is 11.4. The number of hydrogen-bond acceptors (Lipinski definition) is 4. The first-order valence-electron chi connectivity index (χ1n) is 10.6. The lowest BCUT2D eigenvalue weighted by Gasteiger charge is -2.11. The molecule has 0 spiro atoms. The van der Waals surface area contributed by atoms with Crippen molar-refractivity contribution >= 4 is 11.9 Å². The van der Waals surface area contributed by atoms with Gasteiger partial charge in [0, 0.05) is 12.8 Å². The van der Waals surface area contributed by atoms with E-state index in [0.29, 0.717) is 13.2 Å². The highest BCUT2D eigenvalue weighted by molar-refractivity contribution is 5.73. The number of carbonyl (C=O) groups is 2. The van der Waals surface area contributed by atoms with Gasteiger partial charge in [0.05, 0.1) is 13.2 Å². The Bertz CT molecular complexity index is 329. The van der Waals surface area contributed by atoms with Gasteiger partial charge in [0.15, 0.2) is 0 Å². The van der Waals surface area contributed by atoms with E-state index in [-0.39, 0.29) is 30.7 Å². The highest BCUT2D eigenvalue weighted by Crippen LogP contribution is 2.12. The lowest BCUT2D eigenvalue weighted by Crippen LogP contribution is -2.15. The smallest absolute Gasteiger partial charge is 0.306 e. The van der Waals surface area contributed by atoms with Crippen LogP contribution in [0.2, 0.25) is 0 Å². The van der Waals surface area contributed by atoms with Crippen molar-refractivity contribution in [2.45, 2.75) is 98.8 Å². The molecule has 0 aromatic rings. The highest BCUT2D eigenvalue weighted by atomic mass is 16.5. The van der Waals surface area contributed by atoms with Crippen molar-refractivity contribution in [3.05, 3.63) is 0 Å². The molecule has 0 radical (unpaired) electrons. The quantitative estimate of drug-likeness (QED) is 0.250. The summed E-state index contributed by atoms with van der Waals surface area (Å²) in [6.07, 6.45) is 9.46. The summed E-state index contributed by atoms with van der Waals surface area (Å²) < 4.78 is 10.5. The van der Waals surface area contributed by atoms with Crippen LogP contribution in [0.1, 0.15) is 98.8 Å². The Morgan fingerprint density at radius 1 is 0.615 bits per heavy atom. The SMILES string of the molecule is CC(C)CCCCCOC(=O)CC(C)CC(=O)OCCCCCC(C)C. The second-order valence-corrected chi connectivity index (χ2v) is 8.44. The van der Waals surface area contributed by atoms with Gasteiger partial charge in [-0.1, -0.05) is 73.1 Å². The summed E-state index contributed by atoms with van der Waals surface area (Å²) >= 11 is 0. The van der Waals surface area contributed by atoms with Crippen molar-refractivity contribution in [3.8, 4) is 0 Å². The molecule has 0 aromatic heterocycles. The second kappa shape index (κ2) is 16.1. The first-order chi connectivity index (χ1) is 12.3. The molecular weight excluding hydrogens is 328 g/mol. The van der Waals surface area contributed by atoms with Gasteiger partial charge < -0.3 is 9.47 Å². The van der Waals surface area contributed by atoms with Crippen molar-refractivity contribution in [1.82, 2.24) is 0 Å². The molecule has 0 unspecified atom stereocenters. The van der Waals surface area contributed by atoms with Crippen molar-refractivity contribution in [2.24, 2.45) is 17.8 Å². The summed E-state index contributed by atoms with van der Waals surface area (Å²) in [4.78, 5) is 23.6. The Balaban J connectivity index is 3.59. The third kappa shape index (κ3) is 17.8. The van der Waals surface area contributed by atoms with Crippen LogP contribution in [0, 0.1) is 17.8 Å². The van der Waals surface area contributed by atoms with E-state index in [1.807, 2.05) is 6.92 Å². The molecule has 4 nitrogen and oxygen atoms in total. The summed E-state index contributed by atoms with van der Waals surface area (Å²) in [7, 11) is 0. The maximum Gasteiger partial charge on any atom is 0.306 e. The van der Waals surface area contributed by atoms with Gasteiger partial charge in [-0.2, -0.15) is 0 Å². The zero-order valence-electron chi connectivity index (χ0n) is 17.9. The van der Waals surface area contributed by atoms with Gasteiger partial charge in [-0.05, 0) is 30.6 Å². The fourth-order valence-electron chi connectivity index (χ4n) is 2.79. The molecule has 0 aromatic carbocycles. The molecule has 0 amide bonds. The Kier molecular flexibility index (Phi) is 15.5. The van der Waals surface area contributed by atoms with E-state index in [1.165, 1.54) is 25.7 Å². The van der Waals surface area contributed by atoms with Gasteiger partial charge in [0.25, 0.3) is 0 Å². The highest BCUT2D eigenvalue weighted by Gasteiger charge is 2.15. The molecule has 0 aliphatic heterocycles. The molecule has 0 bridgehead atoms. The average Bonchev–Trinajstić information content (AvgIpc) is 2.53. The summed E-state index contributed by atoms with van der Waals surface area (Å²) in [5.74, 6) is 1.03. The third-order valence-electron chi connectivity index (χ3n) is 4.41. The summed E-state index contributed by atoms with van der Waals surface area (Å²) in [6.45, 7) is 11.8. The number of ether oxygens (including phenoxy) is 2.